The highest BCUT2D eigenvalue weighted by molar-refractivity contribution is 7.92. The first kappa shape index (κ1) is 18.4. The minimum atomic E-state index is -3.69. The molecule has 0 aliphatic heterocycles. The van der Waals surface area contributed by atoms with Crippen molar-refractivity contribution in [3.63, 3.8) is 0 Å². The van der Waals surface area contributed by atoms with E-state index in [9.17, 15) is 16.8 Å². The Kier molecular flexibility index (Phi) is 5.63. The molecule has 130 valence electrons. The lowest BCUT2D eigenvalue weighted by atomic mass is 10.2. The maximum absolute atomic E-state index is 12.3. The molecule has 0 fully saturated rings. The molecular formula is C16H20N2O4S2. The zero-order chi connectivity index (χ0) is 17.8. The van der Waals surface area contributed by atoms with E-state index in [4.69, 9.17) is 0 Å². The fraction of sp³-hybridized carbons (Fsp3) is 0.250. The van der Waals surface area contributed by atoms with Gasteiger partial charge in [0.1, 0.15) is 0 Å². The standard InChI is InChI=1S/C16H20N2O4S2/c1-14-8-6-7-11-16(14)24(21,22)17-12-13-18(23(2,19)20)15-9-4-3-5-10-15/h3-11,17H,12-13H2,1-2H3. The molecule has 0 bridgehead atoms. The van der Waals surface area contributed by atoms with E-state index in [1.165, 1.54) is 10.4 Å². The molecule has 0 saturated heterocycles. The third-order valence-corrected chi connectivity index (χ3v) is 6.25. The SMILES string of the molecule is Cc1ccccc1S(=O)(=O)NCCN(c1ccccc1)S(C)(=O)=O. The second kappa shape index (κ2) is 7.33. The van der Waals surface area contributed by atoms with Gasteiger partial charge in [0.15, 0.2) is 0 Å². The van der Waals surface area contributed by atoms with Crippen LogP contribution in [-0.2, 0) is 20.0 Å². The van der Waals surface area contributed by atoms with Crippen molar-refractivity contribution in [2.75, 3.05) is 23.7 Å². The minimum absolute atomic E-state index is 0.00789. The summed E-state index contributed by atoms with van der Waals surface area (Å²) in [7, 11) is -7.20. The number of nitrogens with zero attached hydrogens (tertiary/aromatic N) is 1. The lowest BCUT2D eigenvalue weighted by Gasteiger charge is -2.22. The lowest BCUT2D eigenvalue weighted by molar-refractivity contribution is 0.578. The molecule has 2 aromatic carbocycles. The van der Waals surface area contributed by atoms with Gasteiger partial charge in [0.25, 0.3) is 0 Å². The molecular weight excluding hydrogens is 348 g/mol. The lowest BCUT2D eigenvalue weighted by Crippen LogP contribution is -2.38. The summed E-state index contributed by atoms with van der Waals surface area (Å²) in [4.78, 5) is 0.190. The Morgan fingerprint density at radius 2 is 1.50 bits per heavy atom. The Bertz CT molecular complexity index is 895. The monoisotopic (exact) mass is 368 g/mol. The Morgan fingerprint density at radius 3 is 2.08 bits per heavy atom. The molecule has 0 radical (unpaired) electrons. The van der Waals surface area contributed by atoms with Gasteiger partial charge in [-0.1, -0.05) is 36.4 Å². The maximum atomic E-state index is 12.3. The van der Waals surface area contributed by atoms with Gasteiger partial charge in [-0.05, 0) is 30.7 Å². The number of nitrogens with one attached hydrogen (secondary N) is 1. The Balaban J connectivity index is 2.13. The fourth-order valence-electron chi connectivity index (χ4n) is 2.30. The van der Waals surface area contributed by atoms with Crippen LogP contribution in [0.25, 0.3) is 0 Å². The number of rotatable bonds is 7. The van der Waals surface area contributed by atoms with Crippen molar-refractivity contribution in [3.05, 3.63) is 60.2 Å². The summed E-state index contributed by atoms with van der Waals surface area (Å²) < 4.78 is 52.2. The van der Waals surface area contributed by atoms with Crippen LogP contribution in [0.5, 0.6) is 0 Å². The van der Waals surface area contributed by atoms with Gasteiger partial charge in [0, 0.05) is 13.1 Å². The molecule has 0 aromatic heterocycles. The van der Waals surface area contributed by atoms with Crippen LogP contribution in [-0.4, -0.2) is 36.2 Å². The van der Waals surface area contributed by atoms with Crippen LogP contribution in [0.1, 0.15) is 5.56 Å². The predicted octanol–water partition coefficient (Wildman–Crippen LogP) is 1.74. The van der Waals surface area contributed by atoms with Crippen LogP contribution in [0.4, 0.5) is 5.69 Å². The van der Waals surface area contributed by atoms with Crippen molar-refractivity contribution >= 4 is 25.7 Å². The van der Waals surface area contributed by atoms with E-state index in [1.54, 1.807) is 55.5 Å². The third-order valence-electron chi connectivity index (χ3n) is 3.43. The summed E-state index contributed by atoms with van der Waals surface area (Å²) in [6.07, 6.45) is 1.09. The first-order chi connectivity index (χ1) is 11.2. The van der Waals surface area contributed by atoms with Crippen molar-refractivity contribution in [1.29, 1.82) is 0 Å². The molecule has 2 aromatic rings. The fourth-order valence-corrected chi connectivity index (χ4v) is 4.49. The number of hydrogen-bond acceptors (Lipinski definition) is 4. The first-order valence-electron chi connectivity index (χ1n) is 7.30. The van der Waals surface area contributed by atoms with Crippen LogP contribution in [0.3, 0.4) is 0 Å². The second-order valence-corrected chi connectivity index (χ2v) is 8.98. The number of para-hydroxylation sites is 1. The van der Waals surface area contributed by atoms with E-state index in [0.717, 1.165) is 6.26 Å². The van der Waals surface area contributed by atoms with Gasteiger partial charge in [0.05, 0.1) is 16.8 Å². The summed E-state index contributed by atoms with van der Waals surface area (Å²) in [6.45, 7) is 1.69. The summed E-state index contributed by atoms with van der Waals surface area (Å²) in [6, 6.07) is 15.2. The largest absolute Gasteiger partial charge is 0.269 e. The molecule has 0 atom stereocenters. The number of sulfonamides is 2. The molecule has 0 aliphatic rings. The highest BCUT2D eigenvalue weighted by Crippen LogP contribution is 2.17. The topological polar surface area (TPSA) is 83.6 Å². The van der Waals surface area contributed by atoms with Crippen LogP contribution in [0.2, 0.25) is 0 Å². The molecule has 1 N–H and O–H groups in total. The Morgan fingerprint density at radius 1 is 0.917 bits per heavy atom. The Labute approximate surface area is 143 Å². The predicted molar refractivity (Wildman–Crippen MR) is 95.0 cm³/mol. The van der Waals surface area contributed by atoms with E-state index in [-0.39, 0.29) is 18.0 Å². The van der Waals surface area contributed by atoms with Gasteiger partial charge in [-0.25, -0.2) is 21.6 Å². The van der Waals surface area contributed by atoms with Crippen molar-refractivity contribution in [2.24, 2.45) is 0 Å². The molecule has 0 amide bonds. The van der Waals surface area contributed by atoms with Crippen LogP contribution < -0.4 is 9.03 Å². The van der Waals surface area contributed by atoms with Gasteiger partial charge >= 0.3 is 0 Å². The van der Waals surface area contributed by atoms with E-state index >= 15 is 0 Å². The average molecular weight is 368 g/mol. The molecule has 0 saturated carbocycles. The number of aryl methyl sites for hydroxylation is 1. The molecule has 0 aliphatic carbocycles. The van der Waals surface area contributed by atoms with Crippen molar-refractivity contribution < 1.29 is 16.8 Å². The normalized spacial score (nSPS) is 12.1. The Hall–Kier alpha value is -1.90. The molecule has 6 nitrogen and oxygen atoms in total. The van der Waals surface area contributed by atoms with E-state index in [2.05, 4.69) is 4.72 Å². The third kappa shape index (κ3) is 4.56. The molecule has 0 heterocycles. The van der Waals surface area contributed by atoms with Gasteiger partial charge in [-0.2, -0.15) is 0 Å². The van der Waals surface area contributed by atoms with Crippen LogP contribution in [0.15, 0.2) is 59.5 Å². The van der Waals surface area contributed by atoms with Crippen molar-refractivity contribution in [3.8, 4) is 0 Å². The smallest absolute Gasteiger partial charge is 0.240 e. The van der Waals surface area contributed by atoms with E-state index in [0.29, 0.717) is 11.3 Å². The average Bonchev–Trinajstić information content (AvgIpc) is 2.51. The van der Waals surface area contributed by atoms with Crippen molar-refractivity contribution in [2.45, 2.75) is 11.8 Å². The van der Waals surface area contributed by atoms with Gasteiger partial charge in [0.2, 0.25) is 20.0 Å². The van der Waals surface area contributed by atoms with E-state index < -0.39 is 20.0 Å². The number of hydrogen-bond donors (Lipinski definition) is 1. The maximum Gasteiger partial charge on any atom is 0.240 e. The van der Waals surface area contributed by atoms with Gasteiger partial charge < -0.3 is 0 Å². The minimum Gasteiger partial charge on any atom is -0.269 e. The van der Waals surface area contributed by atoms with Crippen LogP contribution >= 0.6 is 0 Å². The van der Waals surface area contributed by atoms with Crippen molar-refractivity contribution in [1.82, 2.24) is 4.72 Å². The molecule has 0 spiro atoms. The van der Waals surface area contributed by atoms with Crippen LogP contribution in [0, 0.1) is 6.92 Å². The van der Waals surface area contributed by atoms with Gasteiger partial charge in [-0.3, -0.25) is 4.31 Å². The molecule has 2 rings (SSSR count). The summed E-state index contributed by atoms with van der Waals surface area (Å²) >= 11 is 0. The first-order valence-corrected chi connectivity index (χ1v) is 10.6. The molecule has 24 heavy (non-hydrogen) atoms. The second-order valence-electron chi connectivity index (χ2n) is 5.33. The highest BCUT2D eigenvalue weighted by atomic mass is 32.2. The summed E-state index contributed by atoms with van der Waals surface area (Å²) in [5, 5.41) is 0. The number of anilines is 1. The molecule has 8 heteroatoms. The summed E-state index contributed by atoms with van der Waals surface area (Å²) in [5.74, 6) is 0. The zero-order valence-corrected chi connectivity index (χ0v) is 15.1. The highest BCUT2D eigenvalue weighted by Gasteiger charge is 2.20. The van der Waals surface area contributed by atoms with Gasteiger partial charge in [-0.15, -0.1) is 0 Å². The van der Waals surface area contributed by atoms with E-state index in [1.807, 2.05) is 0 Å². The summed E-state index contributed by atoms with van der Waals surface area (Å²) in [5.41, 5.74) is 1.13. The number of benzene rings is 2. The quantitative estimate of drug-likeness (QED) is 0.807. The molecule has 0 unspecified atom stereocenters. The zero-order valence-electron chi connectivity index (χ0n) is 13.5.